The maximum absolute atomic E-state index is 6.29. The zero-order valence-electron chi connectivity index (χ0n) is 14.0. The molecule has 1 unspecified atom stereocenters. The summed E-state index contributed by atoms with van der Waals surface area (Å²) in [4.78, 5) is 0. The molecule has 0 amide bonds. The van der Waals surface area contributed by atoms with Gasteiger partial charge in [-0.2, -0.15) is 5.10 Å². The third-order valence-electron chi connectivity index (χ3n) is 4.81. The van der Waals surface area contributed by atoms with Crippen LogP contribution in [0.5, 0.6) is 5.75 Å². The van der Waals surface area contributed by atoms with Gasteiger partial charge in [0, 0.05) is 13.7 Å². The number of aromatic nitrogens is 2. The molecule has 1 N–H and O–H groups in total. The Balaban J connectivity index is 2.38. The van der Waals surface area contributed by atoms with Crippen LogP contribution < -0.4 is 10.1 Å². The van der Waals surface area contributed by atoms with Crippen LogP contribution >= 0.6 is 0 Å². The third-order valence-corrected chi connectivity index (χ3v) is 4.81. The van der Waals surface area contributed by atoms with Crippen LogP contribution in [0.2, 0.25) is 0 Å². The Kier molecular flexibility index (Phi) is 5.27. The number of nitrogens with one attached hydrogen (secondary N) is 1. The van der Waals surface area contributed by atoms with E-state index in [2.05, 4.69) is 24.3 Å². The molecule has 0 bridgehead atoms. The first kappa shape index (κ1) is 16.3. The second kappa shape index (κ2) is 6.79. The Labute approximate surface area is 128 Å². The fourth-order valence-corrected chi connectivity index (χ4v) is 3.62. The van der Waals surface area contributed by atoms with Crippen LogP contribution in [-0.2, 0) is 11.8 Å². The van der Waals surface area contributed by atoms with Gasteiger partial charge in [0.15, 0.2) is 5.75 Å². The van der Waals surface area contributed by atoms with Crippen molar-refractivity contribution >= 4 is 0 Å². The zero-order valence-corrected chi connectivity index (χ0v) is 14.0. The molecule has 0 saturated heterocycles. The summed E-state index contributed by atoms with van der Waals surface area (Å²) in [5.74, 6) is 1.61. The molecule has 120 valence electrons. The number of rotatable bonds is 6. The van der Waals surface area contributed by atoms with Crippen molar-refractivity contribution in [3.05, 3.63) is 11.9 Å². The van der Waals surface area contributed by atoms with Crippen molar-refractivity contribution in [1.82, 2.24) is 15.1 Å². The molecule has 0 spiro atoms. The van der Waals surface area contributed by atoms with E-state index in [1.165, 1.54) is 12.8 Å². The Morgan fingerprint density at radius 3 is 2.67 bits per heavy atom. The van der Waals surface area contributed by atoms with Crippen molar-refractivity contribution in [3.63, 3.8) is 0 Å². The fraction of sp³-hybridized carbons (Fsp3) is 0.812. The van der Waals surface area contributed by atoms with Gasteiger partial charge in [0.1, 0.15) is 0 Å². The SMILES string of the molecule is CCOC1(C(NC)c2c(OC)cnn2C)CCC(C)CC1. The van der Waals surface area contributed by atoms with E-state index in [1.807, 2.05) is 18.8 Å². The van der Waals surface area contributed by atoms with Crippen LogP contribution in [0.15, 0.2) is 6.20 Å². The van der Waals surface area contributed by atoms with E-state index < -0.39 is 0 Å². The van der Waals surface area contributed by atoms with Crippen molar-refractivity contribution in [2.45, 2.75) is 51.2 Å². The maximum Gasteiger partial charge on any atom is 0.161 e. The van der Waals surface area contributed by atoms with E-state index in [-0.39, 0.29) is 11.6 Å². The number of ether oxygens (including phenoxy) is 2. The van der Waals surface area contributed by atoms with Crippen LogP contribution in [0.1, 0.15) is 51.3 Å². The van der Waals surface area contributed by atoms with Gasteiger partial charge in [-0.25, -0.2) is 0 Å². The standard InChI is InChI=1S/C16H29N3O2/c1-6-21-16(9-7-12(2)8-10-16)15(17-3)14-13(20-5)11-18-19(14)4/h11-12,15,17H,6-10H2,1-5H3. The lowest BCUT2D eigenvalue weighted by molar-refractivity contribution is -0.0980. The Morgan fingerprint density at radius 1 is 1.48 bits per heavy atom. The minimum Gasteiger partial charge on any atom is -0.493 e. The van der Waals surface area contributed by atoms with Gasteiger partial charge in [-0.05, 0) is 45.6 Å². The summed E-state index contributed by atoms with van der Waals surface area (Å²) in [6.07, 6.45) is 6.34. The van der Waals surface area contributed by atoms with E-state index in [1.54, 1.807) is 13.3 Å². The van der Waals surface area contributed by atoms with Gasteiger partial charge in [0.2, 0.25) is 0 Å². The second-order valence-corrected chi connectivity index (χ2v) is 6.12. The van der Waals surface area contributed by atoms with Crippen molar-refractivity contribution in [3.8, 4) is 5.75 Å². The van der Waals surface area contributed by atoms with Gasteiger partial charge in [-0.15, -0.1) is 0 Å². The number of methoxy groups -OCH3 is 1. The lowest BCUT2D eigenvalue weighted by Crippen LogP contribution is -2.48. The van der Waals surface area contributed by atoms with E-state index >= 15 is 0 Å². The fourth-order valence-electron chi connectivity index (χ4n) is 3.62. The first-order valence-electron chi connectivity index (χ1n) is 7.95. The summed E-state index contributed by atoms with van der Waals surface area (Å²) in [5.41, 5.74) is 0.903. The van der Waals surface area contributed by atoms with Crippen LogP contribution in [0.25, 0.3) is 0 Å². The van der Waals surface area contributed by atoms with Crippen LogP contribution in [-0.4, -0.2) is 36.1 Å². The molecule has 5 heteroatoms. The first-order chi connectivity index (χ1) is 10.1. The number of aryl methyl sites for hydroxylation is 1. The van der Waals surface area contributed by atoms with Crippen LogP contribution in [0.3, 0.4) is 0 Å². The quantitative estimate of drug-likeness (QED) is 0.876. The summed E-state index contributed by atoms with van der Waals surface area (Å²) in [6, 6.07) is 0.0902. The van der Waals surface area contributed by atoms with E-state index in [0.717, 1.165) is 36.8 Å². The summed E-state index contributed by atoms with van der Waals surface area (Å²) in [6.45, 7) is 5.13. The van der Waals surface area contributed by atoms with Gasteiger partial charge in [-0.1, -0.05) is 6.92 Å². The average molecular weight is 295 g/mol. The minimum atomic E-state index is -0.170. The highest BCUT2D eigenvalue weighted by Gasteiger charge is 2.44. The van der Waals surface area contributed by atoms with Gasteiger partial charge in [-0.3, -0.25) is 4.68 Å². The summed E-state index contributed by atoms with van der Waals surface area (Å²) in [5, 5.41) is 7.82. The van der Waals surface area contributed by atoms with Crippen LogP contribution in [0, 0.1) is 5.92 Å². The van der Waals surface area contributed by atoms with Gasteiger partial charge >= 0.3 is 0 Å². The smallest absolute Gasteiger partial charge is 0.161 e. The summed E-state index contributed by atoms with van der Waals surface area (Å²) < 4.78 is 13.7. The summed E-state index contributed by atoms with van der Waals surface area (Å²) in [7, 11) is 5.66. The second-order valence-electron chi connectivity index (χ2n) is 6.12. The molecule has 0 aromatic carbocycles. The molecule has 1 saturated carbocycles. The number of nitrogens with zero attached hydrogens (tertiary/aromatic N) is 2. The molecular weight excluding hydrogens is 266 g/mol. The largest absolute Gasteiger partial charge is 0.493 e. The molecule has 5 nitrogen and oxygen atoms in total. The summed E-state index contributed by atoms with van der Waals surface area (Å²) >= 11 is 0. The first-order valence-corrected chi connectivity index (χ1v) is 7.95. The van der Waals surface area contributed by atoms with Crippen molar-refractivity contribution in [1.29, 1.82) is 0 Å². The predicted octanol–water partition coefficient (Wildman–Crippen LogP) is 2.67. The van der Waals surface area contributed by atoms with E-state index in [9.17, 15) is 0 Å². The zero-order chi connectivity index (χ0) is 15.5. The van der Waals surface area contributed by atoms with E-state index in [0.29, 0.717) is 0 Å². The number of hydrogen-bond acceptors (Lipinski definition) is 4. The lowest BCUT2D eigenvalue weighted by Gasteiger charge is -2.44. The molecule has 0 aliphatic heterocycles. The molecule has 21 heavy (non-hydrogen) atoms. The van der Waals surface area contributed by atoms with Crippen molar-refractivity contribution in [2.75, 3.05) is 20.8 Å². The third kappa shape index (κ3) is 3.09. The Morgan fingerprint density at radius 2 is 2.14 bits per heavy atom. The van der Waals surface area contributed by atoms with Gasteiger partial charge in [0.25, 0.3) is 0 Å². The number of hydrogen-bond donors (Lipinski definition) is 1. The minimum absolute atomic E-state index is 0.0902. The molecule has 1 aromatic rings. The molecule has 1 aliphatic rings. The molecule has 2 rings (SSSR count). The van der Waals surface area contributed by atoms with Crippen molar-refractivity contribution < 1.29 is 9.47 Å². The normalized spacial score (nSPS) is 27.6. The molecule has 1 aromatic heterocycles. The van der Waals surface area contributed by atoms with Gasteiger partial charge < -0.3 is 14.8 Å². The average Bonchev–Trinajstić information content (AvgIpc) is 2.84. The topological polar surface area (TPSA) is 48.3 Å². The van der Waals surface area contributed by atoms with Gasteiger partial charge in [0.05, 0.1) is 30.6 Å². The monoisotopic (exact) mass is 295 g/mol. The van der Waals surface area contributed by atoms with Crippen LogP contribution in [0.4, 0.5) is 0 Å². The molecule has 1 atom stereocenters. The molecule has 1 aliphatic carbocycles. The lowest BCUT2D eigenvalue weighted by atomic mass is 9.74. The Bertz CT molecular complexity index is 450. The van der Waals surface area contributed by atoms with E-state index in [4.69, 9.17) is 9.47 Å². The molecular formula is C16H29N3O2. The highest BCUT2D eigenvalue weighted by Crippen LogP contribution is 2.44. The molecule has 0 radical (unpaired) electrons. The highest BCUT2D eigenvalue weighted by molar-refractivity contribution is 5.30. The number of likely N-dealkylation sites (N-methyl/N-ethyl adjacent to an activating group) is 1. The molecule has 1 fully saturated rings. The maximum atomic E-state index is 6.29. The molecule has 1 heterocycles. The predicted molar refractivity (Wildman–Crippen MR) is 83.5 cm³/mol. The Hall–Kier alpha value is -1.07. The highest BCUT2D eigenvalue weighted by atomic mass is 16.5. The van der Waals surface area contributed by atoms with Crippen molar-refractivity contribution in [2.24, 2.45) is 13.0 Å².